The van der Waals surface area contributed by atoms with Crippen molar-refractivity contribution in [2.45, 2.75) is 26.0 Å². The Balaban J connectivity index is 2.61. The summed E-state index contributed by atoms with van der Waals surface area (Å²) in [5.41, 5.74) is 0. The number of nitrogens with zero attached hydrogens (tertiary/aromatic N) is 2. The van der Waals surface area contributed by atoms with Crippen molar-refractivity contribution in [3.63, 3.8) is 0 Å². The molecule has 0 fully saturated rings. The van der Waals surface area contributed by atoms with Gasteiger partial charge in [0.15, 0.2) is 0 Å². The maximum atomic E-state index is 9.35. The number of rotatable bonds is 4. The zero-order valence-electron chi connectivity index (χ0n) is 7.07. The summed E-state index contributed by atoms with van der Waals surface area (Å²) in [6, 6.07) is 0. The van der Waals surface area contributed by atoms with Gasteiger partial charge in [0, 0.05) is 24.1 Å². The SMILES string of the molecule is CCc1nccn1CC(O)CBr. The van der Waals surface area contributed by atoms with Crippen LogP contribution in [0.1, 0.15) is 12.7 Å². The highest BCUT2D eigenvalue weighted by Gasteiger charge is 2.05. The first-order valence-corrected chi connectivity index (χ1v) is 5.14. The van der Waals surface area contributed by atoms with Gasteiger partial charge in [0.25, 0.3) is 0 Å². The summed E-state index contributed by atoms with van der Waals surface area (Å²) >= 11 is 3.22. The second-order valence-corrected chi connectivity index (χ2v) is 3.30. The van der Waals surface area contributed by atoms with Crippen molar-refractivity contribution in [1.29, 1.82) is 0 Å². The number of aliphatic hydroxyl groups excluding tert-OH is 1. The van der Waals surface area contributed by atoms with Crippen LogP contribution in [0.25, 0.3) is 0 Å². The van der Waals surface area contributed by atoms with Gasteiger partial charge >= 0.3 is 0 Å². The molecule has 0 aromatic carbocycles. The van der Waals surface area contributed by atoms with Gasteiger partial charge in [-0.05, 0) is 0 Å². The lowest BCUT2D eigenvalue weighted by atomic mass is 10.4. The fraction of sp³-hybridized carbons (Fsp3) is 0.625. The normalized spacial score (nSPS) is 13.2. The monoisotopic (exact) mass is 232 g/mol. The minimum atomic E-state index is -0.329. The quantitative estimate of drug-likeness (QED) is 0.793. The van der Waals surface area contributed by atoms with E-state index in [0.717, 1.165) is 12.2 Å². The van der Waals surface area contributed by atoms with E-state index in [-0.39, 0.29) is 6.10 Å². The Bertz CT molecular complexity index is 237. The summed E-state index contributed by atoms with van der Waals surface area (Å²) < 4.78 is 1.98. The van der Waals surface area contributed by atoms with Crippen LogP contribution in [0.15, 0.2) is 12.4 Å². The first-order valence-electron chi connectivity index (χ1n) is 4.02. The van der Waals surface area contributed by atoms with Crippen LogP contribution in [0.2, 0.25) is 0 Å². The van der Waals surface area contributed by atoms with Crippen LogP contribution in [0, 0.1) is 0 Å². The number of aryl methyl sites for hydroxylation is 1. The van der Waals surface area contributed by atoms with Crippen molar-refractivity contribution in [3.05, 3.63) is 18.2 Å². The van der Waals surface area contributed by atoms with E-state index in [2.05, 4.69) is 27.8 Å². The smallest absolute Gasteiger partial charge is 0.108 e. The molecule has 0 radical (unpaired) electrons. The molecule has 0 saturated heterocycles. The van der Waals surface area contributed by atoms with Gasteiger partial charge in [-0.3, -0.25) is 0 Å². The van der Waals surface area contributed by atoms with E-state index in [0.29, 0.717) is 11.9 Å². The van der Waals surface area contributed by atoms with Crippen LogP contribution < -0.4 is 0 Å². The molecule has 1 atom stereocenters. The standard InChI is InChI=1S/C8H13BrN2O/c1-2-8-10-3-4-11(8)6-7(12)5-9/h3-4,7,12H,2,5-6H2,1H3. The van der Waals surface area contributed by atoms with Crippen molar-refractivity contribution in [1.82, 2.24) is 9.55 Å². The number of aromatic nitrogens is 2. The van der Waals surface area contributed by atoms with Gasteiger partial charge in [0.1, 0.15) is 5.82 Å². The van der Waals surface area contributed by atoms with Crippen molar-refractivity contribution >= 4 is 15.9 Å². The molecule has 0 aliphatic heterocycles. The van der Waals surface area contributed by atoms with E-state index in [1.807, 2.05) is 10.8 Å². The van der Waals surface area contributed by atoms with E-state index >= 15 is 0 Å². The summed E-state index contributed by atoms with van der Waals surface area (Å²) in [4.78, 5) is 4.16. The van der Waals surface area contributed by atoms with Crippen molar-refractivity contribution in [2.75, 3.05) is 5.33 Å². The Labute approximate surface area is 80.6 Å². The third-order valence-corrected chi connectivity index (χ3v) is 2.45. The molecule has 4 heteroatoms. The lowest BCUT2D eigenvalue weighted by Crippen LogP contribution is -2.18. The number of hydrogen-bond acceptors (Lipinski definition) is 2. The minimum absolute atomic E-state index is 0.329. The molecule has 1 heterocycles. The molecule has 3 nitrogen and oxygen atoms in total. The van der Waals surface area contributed by atoms with Crippen LogP contribution >= 0.6 is 15.9 Å². The average Bonchev–Trinajstić information content (AvgIpc) is 2.51. The highest BCUT2D eigenvalue weighted by atomic mass is 79.9. The predicted molar refractivity (Wildman–Crippen MR) is 51.4 cm³/mol. The Morgan fingerprint density at radius 1 is 1.75 bits per heavy atom. The Morgan fingerprint density at radius 2 is 2.50 bits per heavy atom. The molecule has 1 aromatic heterocycles. The molecule has 12 heavy (non-hydrogen) atoms. The van der Waals surface area contributed by atoms with Gasteiger partial charge in [-0.25, -0.2) is 4.98 Å². The summed E-state index contributed by atoms with van der Waals surface area (Å²) in [7, 11) is 0. The molecule has 0 bridgehead atoms. The molecule has 1 N–H and O–H groups in total. The third-order valence-electron chi connectivity index (χ3n) is 1.70. The van der Waals surface area contributed by atoms with Crippen LogP contribution in [0.5, 0.6) is 0 Å². The van der Waals surface area contributed by atoms with Crippen LogP contribution in [0.3, 0.4) is 0 Å². The Hall–Kier alpha value is -0.350. The topological polar surface area (TPSA) is 38.0 Å². The van der Waals surface area contributed by atoms with E-state index < -0.39 is 0 Å². The van der Waals surface area contributed by atoms with Crippen molar-refractivity contribution < 1.29 is 5.11 Å². The minimum Gasteiger partial charge on any atom is -0.390 e. The van der Waals surface area contributed by atoms with Crippen molar-refractivity contribution in [2.24, 2.45) is 0 Å². The fourth-order valence-electron chi connectivity index (χ4n) is 1.10. The molecule has 0 amide bonds. The summed E-state index contributed by atoms with van der Waals surface area (Å²) in [6.07, 6.45) is 4.23. The van der Waals surface area contributed by atoms with Gasteiger partial charge < -0.3 is 9.67 Å². The molecule has 68 valence electrons. The van der Waals surface area contributed by atoms with Crippen LogP contribution in [-0.4, -0.2) is 26.1 Å². The second-order valence-electron chi connectivity index (χ2n) is 2.66. The molecule has 1 unspecified atom stereocenters. The average molecular weight is 233 g/mol. The Kier molecular flexibility index (Phi) is 3.75. The Morgan fingerprint density at radius 3 is 3.08 bits per heavy atom. The summed E-state index contributed by atoms with van der Waals surface area (Å²) in [5.74, 6) is 1.02. The van der Waals surface area contributed by atoms with Gasteiger partial charge in [-0.15, -0.1) is 0 Å². The molecular formula is C8H13BrN2O. The zero-order chi connectivity index (χ0) is 8.97. The number of alkyl halides is 1. The van der Waals surface area contributed by atoms with Gasteiger partial charge in [-0.1, -0.05) is 22.9 Å². The molecule has 1 aromatic rings. The zero-order valence-corrected chi connectivity index (χ0v) is 8.66. The van der Waals surface area contributed by atoms with Crippen LogP contribution in [-0.2, 0) is 13.0 Å². The summed E-state index contributed by atoms with van der Waals surface area (Å²) in [6.45, 7) is 2.67. The van der Waals surface area contributed by atoms with Gasteiger partial charge in [-0.2, -0.15) is 0 Å². The first-order chi connectivity index (χ1) is 5.77. The second kappa shape index (κ2) is 4.62. The summed E-state index contributed by atoms with van der Waals surface area (Å²) in [5, 5.41) is 9.96. The first kappa shape index (κ1) is 9.74. The molecule has 0 aliphatic carbocycles. The lowest BCUT2D eigenvalue weighted by Gasteiger charge is -2.09. The van der Waals surface area contributed by atoms with E-state index in [9.17, 15) is 5.11 Å². The molecule has 0 aliphatic rings. The number of hydrogen-bond donors (Lipinski definition) is 1. The largest absolute Gasteiger partial charge is 0.390 e. The molecule has 0 saturated carbocycles. The van der Waals surface area contributed by atoms with E-state index in [4.69, 9.17) is 0 Å². The fourth-order valence-corrected chi connectivity index (χ4v) is 1.30. The number of imidazole rings is 1. The number of aliphatic hydroxyl groups is 1. The van der Waals surface area contributed by atoms with Gasteiger partial charge in [0.2, 0.25) is 0 Å². The highest BCUT2D eigenvalue weighted by molar-refractivity contribution is 9.09. The van der Waals surface area contributed by atoms with E-state index in [1.165, 1.54) is 0 Å². The lowest BCUT2D eigenvalue weighted by molar-refractivity contribution is 0.178. The molecule has 1 rings (SSSR count). The van der Waals surface area contributed by atoms with Gasteiger partial charge in [0.05, 0.1) is 12.6 Å². The van der Waals surface area contributed by atoms with E-state index in [1.54, 1.807) is 6.20 Å². The predicted octanol–water partition coefficient (Wildman–Crippen LogP) is 1.20. The highest BCUT2D eigenvalue weighted by Crippen LogP contribution is 2.01. The maximum absolute atomic E-state index is 9.35. The number of halogens is 1. The van der Waals surface area contributed by atoms with Crippen molar-refractivity contribution in [3.8, 4) is 0 Å². The molecule has 0 spiro atoms. The molecular weight excluding hydrogens is 220 g/mol. The third kappa shape index (κ3) is 2.32. The van der Waals surface area contributed by atoms with Crippen LogP contribution in [0.4, 0.5) is 0 Å². The maximum Gasteiger partial charge on any atom is 0.108 e.